The number of rotatable bonds is 7. The fourth-order valence-electron chi connectivity index (χ4n) is 2.94. The van der Waals surface area contributed by atoms with Crippen molar-refractivity contribution in [3.05, 3.63) is 72.3 Å². The first-order valence-corrected chi connectivity index (χ1v) is 9.44. The fourth-order valence-corrected chi connectivity index (χ4v) is 2.94. The first-order chi connectivity index (χ1) is 14.3. The SMILES string of the molecule is CCC(C#N)Oc1cccc(CNc2ccc3nnc(-c4ccccc4)n3n2)c1. The molecule has 2 aromatic heterocycles. The molecule has 0 radical (unpaired) electrons. The number of hydrogen-bond donors (Lipinski definition) is 1. The Kier molecular flexibility index (Phi) is 5.34. The lowest BCUT2D eigenvalue weighted by atomic mass is 10.2. The van der Waals surface area contributed by atoms with Crippen LogP contribution in [0.2, 0.25) is 0 Å². The first kappa shape index (κ1) is 18.4. The molecular formula is C22H20N6O. The summed E-state index contributed by atoms with van der Waals surface area (Å²) in [5.41, 5.74) is 2.67. The van der Waals surface area contributed by atoms with Crippen molar-refractivity contribution in [3.63, 3.8) is 0 Å². The molecule has 144 valence electrons. The van der Waals surface area contributed by atoms with E-state index < -0.39 is 6.10 Å². The van der Waals surface area contributed by atoms with E-state index in [1.165, 1.54) is 0 Å². The molecule has 0 aliphatic carbocycles. The van der Waals surface area contributed by atoms with E-state index in [2.05, 4.69) is 26.7 Å². The number of fused-ring (bicyclic) bond motifs is 1. The number of nitrogens with zero attached hydrogens (tertiary/aromatic N) is 5. The van der Waals surface area contributed by atoms with E-state index in [0.29, 0.717) is 36.0 Å². The third-order valence-electron chi connectivity index (χ3n) is 4.46. The van der Waals surface area contributed by atoms with E-state index in [0.717, 1.165) is 11.1 Å². The van der Waals surface area contributed by atoms with Gasteiger partial charge in [0.25, 0.3) is 0 Å². The van der Waals surface area contributed by atoms with Crippen LogP contribution in [0.25, 0.3) is 17.0 Å². The lowest BCUT2D eigenvalue weighted by Gasteiger charge is -2.12. The zero-order chi connectivity index (χ0) is 20.1. The summed E-state index contributed by atoms with van der Waals surface area (Å²) in [7, 11) is 0. The zero-order valence-electron chi connectivity index (χ0n) is 16.0. The molecule has 1 unspecified atom stereocenters. The smallest absolute Gasteiger partial charge is 0.185 e. The second-order valence-electron chi connectivity index (χ2n) is 6.52. The van der Waals surface area contributed by atoms with E-state index in [1.54, 1.807) is 4.52 Å². The molecule has 2 aromatic carbocycles. The number of benzene rings is 2. The monoisotopic (exact) mass is 384 g/mol. The number of nitriles is 1. The van der Waals surface area contributed by atoms with Gasteiger partial charge in [-0.3, -0.25) is 0 Å². The number of aromatic nitrogens is 4. The van der Waals surface area contributed by atoms with Gasteiger partial charge < -0.3 is 10.1 Å². The summed E-state index contributed by atoms with van der Waals surface area (Å²) >= 11 is 0. The van der Waals surface area contributed by atoms with Crippen LogP contribution in [-0.2, 0) is 6.54 Å². The molecule has 0 amide bonds. The Balaban J connectivity index is 1.51. The predicted octanol–water partition coefficient (Wildman–Crippen LogP) is 4.08. The van der Waals surface area contributed by atoms with Crippen molar-refractivity contribution in [2.24, 2.45) is 0 Å². The van der Waals surface area contributed by atoms with Crippen LogP contribution in [0.3, 0.4) is 0 Å². The van der Waals surface area contributed by atoms with Crippen molar-refractivity contribution >= 4 is 11.5 Å². The highest BCUT2D eigenvalue weighted by Crippen LogP contribution is 2.19. The standard InChI is InChI=1S/C22H20N6O/c1-2-18(14-23)29-19-10-6-7-16(13-19)15-24-20-11-12-21-25-26-22(28(21)27-20)17-8-4-3-5-9-17/h3-13,18H,2,15H2,1H3,(H,24,27). The largest absolute Gasteiger partial charge is 0.476 e. The third kappa shape index (κ3) is 4.17. The van der Waals surface area contributed by atoms with Gasteiger partial charge >= 0.3 is 0 Å². The predicted molar refractivity (Wildman–Crippen MR) is 110 cm³/mol. The Labute approximate surface area is 168 Å². The summed E-state index contributed by atoms with van der Waals surface area (Å²) in [4.78, 5) is 0. The summed E-state index contributed by atoms with van der Waals surface area (Å²) in [6, 6.07) is 23.5. The van der Waals surface area contributed by atoms with E-state index in [9.17, 15) is 0 Å². The summed E-state index contributed by atoms with van der Waals surface area (Å²) < 4.78 is 7.42. The third-order valence-corrected chi connectivity index (χ3v) is 4.46. The molecule has 0 saturated carbocycles. The van der Waals surface area contributed by atoms with Crippen LogP contribution < -0.4 is 10.1 Å². The molecule has 0 aliphatic rings. The highest BCUT2D eigenvalue weighted by molar-refractivity contribution is 5.59. The van der Waals surface area contributed by atoms with Crippen LogP contribution >= 0.6 is 0 Å². The van der Waals surface area contributed by atoms with Gasteiger partial charge in [-0.2, -0.15) is 9.78 Å². The quantitative estimate of drug-likeness (QED) is 0.516. The molecule has 29 heavy (non-hydrogen) atoms. The maximum absolute atomic E-state index is 9.07. The Bertz CT molecular complexity index is 1150. The van der Waals surface area contributed by atoms with Crippen LogP contribution in [0.15, 0.2) is 66.7 Å². The summed E-state index contributed by atoms with van der Waals surface area (Å²) in [6.45, 7) is 2.50. The molecule has 0 bridgehead atoms. The van der Waals surface area contributed by atoms with E-state index in [1.807, 2.05) is 73.7 Å². The molecule has 0 fully saturated rings. The van der Waals surface area contributed by atoms with Gasteiger partial charge in [0.05, 0.1) is 0 Å². The van der Waals surface area contributed by atoms with Gasteiger partial charge in [0.2, 0.25) is 0 Å². The average Bonchev–Trinajstić information content (AvgIpc) is 3.20. The molecular weight excluding hydrogens is 364 g/mol. The lowest BCUT2D eigenvalue weighted by Crippen LogP contribution is -2.12. The average molecular weight is 384 g/mol. The van der Waals surface area contributed by atoms with Crippen molar-refractivity contribution in [2.75, 3.05) is 5.32 Å². The topological polar surface area (TPSA) is 88.1 Å². The minimum absolute atomic E-state index is 0.438. The Morgan fingerprint density at radius 2 is 1.93 bits per heavy atom. The highest BCUT2D eigenvalue weighted by Gasteiger charge is 2.10. The van der Waals surface area contributed by atoms with Crippen molar-refractivity contribution in [1.29, 1.82) is 5.26 Å². The fraction of sp³-hybridized carbons (Fsp3) is 0.182. The second kappa shape index (κ2) is 8.40. The van der Waals surface area contributed by atoms with Gasteiger partial charge in [-0.05, 0) is 36.2 Å². The highest BCUT2D eigenvalue weighted by atomic mass is 16.5. The van der Waals surface area contributed by atoms with Gasteiger partial charge in [0, 0.05) is 12.1 Å². The van der Waals surface area contributed by atoms with Crippen molar-refractivity contribution in [2.45, 2.75) is 26.0 Å². The van der Waals surface area contributed by atoms with Gasteiger partial charge in [-0.1, -0.05) is 49.4 Å². The molecule has 1 N–H and O–H groups in total. The number of ether oxygens (including phenoxy) is 1. The normalized spacial score (nSPS) is 11.7. The maximum Gasteiger partial charge on any atom is 0.185 e. The molecule has 0 aliphatic heterocycles. The molecule has 7 heteroatoms. The van der Waals surface area contributed by atoms with Crippen LogP contribution in [0, 0.1) is 11.3 Å². The lowest BCUT2D eigenvalue weighted by molar-refractivity contribution is 0.251. The summed E-state index contributed by atoms with van der Waals surface area (Å²) in [5, 5.41) is 25.5. The molecule has 2 heterocycles. The summed E-state index contributed by atoms with van der Waals surface area (Å²) in [5.74, 6) is 2.09. The van der Waals surface area contributed by atoms with Crippen LogP contribution in [0.1, 0.15) is 18.9 Å². The van der Waals surface area contributed by atoms with Crippen LogP contribution in [0.4, 0.5) is 5.82 Å². The van der Waals surface area contributed by atoms with Crippen molar-refractivity contribution < 1.29 is 4.74 Å². The molecule has 7 nitrogen and oxygen atoms in total. The second-order valence-corrected chi connectivity index (χ2v) is 6.52. The zero-order valence-corrected chi connectivity index (χ0v) is 16.0. The van der Waals surface area contributed by atoms with Crippen LogP contribution in [0.5, 0.6) is 5.75 Å². The van der Waals surface area contributed by atoms with Crippen molar-refractivity contribution in [1.82, 2.24) is 19.8 Å². The first-order valence-electron chi connectivity index (χ1n) is 9.44. The van der Waals surface area contributed by atoms with Gasteiger partial charge in [0.1, 0.15) is 17.6 Å². The Morgan fingerprint density at radius 1 is 1.07 bits per heavy atom. The minimum Gasteiger partial charge on any atom is -0.476 e. The Morgan fingerprint density at radius 3 is 2.72 bits per heavy atom. The maximum atomic E-state index is 9.07. The van der Waals surface area contributed by atoms with Gasteiger partial charge in [-0.25, -0.2) is 0 Å². The molecule has 4 rings (SSSR count). The molecule has 4 aromatic rings. The van der Waals surface area contributed by atoms with Gasteiger partial charge in [-0.15, -0.1) is 15.3 Å². The number of anilines is 1. The van der Waals surface area contributed by atoms with E-state index in [4.69, 9.17) is 10.00 Å². The molecule has 1 atom stereocenters. The van der Waals surface area contributed by atoms with Crippen molar-refractivity contribution in [3.8, 4) is 23.2 Å². The molecule has 0 saturated heterocycles. The van der Waals surface area contributed by atoms with Crippen LogP contribution in [-0.4, -0.2) is 25.9 Å². The summed E-state index contributed by atoms with van der Waals surface area (Å²) in [6.07, 6.45) is 0.207. The van der Waals surface area contributed by atoms with E-state index >= 15 is 0 Å². The Hall–Kier alpha value is -3.92. The van der Waals surface area contributed by atoms with Gasteiger partial charge in [0.15, 0.2) is 17.6 Å². The van der Waals surface area contributed by atoms with E-state index in [-0.39, 0.29) is 0 Å². The number of nitrogens with one attached hydrogen (secondary N) is 1. The number of hydrogen-bond acceptors (Lipinski definition) is 6. The minimum atomic E-state index is -0.438. The molecule has 0 spiro atoms.